The van der Waals surface area contributed by atoms with Gasteiger partial charge in [-0.1, -0.05) is 17.7 Å². The quantitative estimate of drug-likeness (QED) is 0.510. The highest BCUT2D eigenvalue weighted by molar-refractivity contribution is 6.30. The number of halogens is 5. The summed E-state index contributed by atoms with van der Waals surface area (Å²) in [5.41, 5.74) is -0.877. The number of hydrogen-bond donors (Lipinski definition) is 2. The van der Waals surface area contributed by atoms with Crippen LogP contribution in [0.1, 0.15) is 19.3 Å². The third kappa shape index (κ3) is 5.64. The maximum atomic E-state index is 13.4. The standard InChI is InChI=1S/C22H19ClF4N2O5/c23-16-5-4-14(7-17(16)24)33-9-19(31)29-21-10-20(11-21,12-21)28-18(30)8-32-13-2-1-3-15(6-13)34-22(25,26)27/h1-7H,8-12H2,(H,28,30)(H,29,31). The first-order valence-corrected chi connectivity index (χ1v) is 10.5. The van der Waals surface area contributed by atoms with Gasteiger partial charge >= 0.3 is 6.36 Å². The van der Waals surface area contributed by atoms with E-state index in [-0.39, 0.29) is 35.6 Å². The Morgan fingerprint density at radius 1 is 0.882 bits per heavy atom. The van der Waals surface area contributed by atoms with E-state index >= 15 is 0 Å². The molecule has 3 saturated carbocycles. The van der Waals surface area contributed by atoms with E-state index in [0.717, 1.165) is 18.2 Å². The zero-order valence-electron chi connectivity index (χ0n) is 17.5. The number of alkyl halides is 3. The van der Waals surface area contributed by atoms with Crippen LogP contribution in [-0.4, -0.2) is 42.5 Å². The number of carbonyl (C=O) groups is 2. The van der Waals surface area contributed by atoms with E-state index in [1.54, 1.807) is 0 Å². The van der Waals surface area contributed by atoms with E-state index in [1.165, 1.54) is 24.3 Å². The number of nitrogens with one attached hydrogen (secondary N) is 2. The molecule has 2 N–H and O–H groups in total. The molecule has 2 amide bonds. The summed E-state index contributed by atoms with van der Waals surface area (Å²) in [6, 6.07) is 8.74. The van der Waals surface area contributed by atoms with E-state index in [0.29, 0.717) is 19.3 Å². The van der Waals surface area contributed by atoms with Crippen molar-refractivity contribution in [1.82, 2.24) is 10.6 Å². The van der Waals surface area contributed by atoms with Crippen LogP contribution in [0.25, 0.3) is 0 Å². The molecular weight excluding hydrogens is 484 g/mol. The number of hydrogen-bond acceptors (Lipinski definition) is 5. The summed E-state index contributed by atoms with van der Waals surface area (Å²) < 4.78 is 64.7. The van der Waals surface area contributed by atoms with E-state index in [4.69, 9.17) is 21.1 Å². The van der Waals surface area contributed by atoms with Crippen molar-refractivity contribution in [1.29, 1.82) is 0 Å². The van der Waals surface area contributed by atoms with Crippen LogP contribution < -0.4 is 24.8 Å². The lowest BCUT2D eigenvalue weighted by molar-refractivity contribution is -0.274. The Morgan fingerprint density at radius 2 is 1.41 bits per heavy atom. The molecule has 7 nitrogen and oxygen atoms in total. The van der Waals surface area contributed by atoms with Crippen molar-refractivity contribution < 1.29 is 41.4 Å². The van der Waals surface area contributed by atoms with Crippen LogP contribution >= 0.6 is 11.6 Å². The van der Waals surface area contributed by atoms with Crippen LogP contribution in [0.4, 0.5) is 17.6 Å². The lowest BCUT2D eigenvalue weighted by atomic mass is 9.44. The molecule has 0 atom stereocenters. The normalized spacial score (nSPS) is 22.6. The summed E-state index contributed by atoms with van der Waals surface area (Å²) in [7, 11) is 0. The van der Waals surface area contributed by atoms with Crippen LogP contribution in [0, 0.1) is 5.82 Å². The van der Waals surface area contributed by atoms with Gasteiger partial charge in [0.05, 0.1) is 5.02 Å². The van der Waals surface area contributed by atoms with Crippen molar-refractivity contribution in [3.8, 4) is 17.2 Å². The monoisotopic (exact) mass is 502 g/mol. The molecule has 0 radical (unpaired) electrons. The molecule has 3 aliphatic carbocycles. The van der Waals surface area contributed by atoms with Crippen LogP contribution in [0.2, 0.25) is 5.02 Å². The van der Waals surface area contributed by atoms with Gasteiger partial charge in [0.25, 0.3) is 11.8 Å². The van der Waals surface area contributed by atoms with Gasteiger partial charge in [-0.15, -0.1) is 13.2 Å². The Labute approximate surface area is 196 Å². The Morgan fingerprint density at radius 3 is 1.94 bits per heavy atom. The van der Waals surface area contributed by atoms with E-state index in [2.05, 4.69) is 15.4 Å². The third-order valence-corrected chi connectivity index (χ3v) is 5.82. The molecule has 3 aliphatic rings. The Hall–Kier alpha value is -3.21. The fourth-order valence-corrected chi connectivity index (χ4v) is 4.46. The second kappa shape index (κ2) is 8.86. The molecule has 2 bridgehead atoms. The molecule has 12 heteroatoms. The maximum absolute atomic E-state index is 13.4. The van der Waals surface area contributed by atoms with Gasteiger partial charge in [-0.2, -0.15) is 0 Å². The van der Waals surface area contributed by atoms with Gasteiger partial charge in [0.1, 0.15) is 23.1 Å². The number of ether oxygens (including phenoxy) is 3. The van der Waals surface area contributed by atoms with Gasteiger partial charge in [-0.05, 0) is 43.5 Å². The van der Waals surface area contributed by atoms with Crippen LogP contribution in [0.3, 0.4) is 0 Å². The molecule has 0 aliphatic heterocycles. The Bertz CT molecular complexity index is 1090. The predicted octanol–water partition coefficient (Wildman–Crippen LogP) is 3.74. The van der Waals surface area contributed by atoms with Crippen LogP contribution in [0.15, 0.2) is 42.5 Å². The first kappa shape index (κ1) is 23.9. The van der Waals surface area contributed by atoms with E-state index < -0.39 is 34.9 Å². The fourth-order valence-electron chi connectivity index (χ4n) is 4.34. The van der Waals surface area contributed by atoms with Gasteiger partial charge in [-0.25, -0.2) is 4.39 Å². The van der Waals surface area contributed by atoms with Crippen molar-refractivity contribution in [2.24, 2.45) is 0 Å². The molecule has 182 valence electrons. The summed E-state index contributed by atoms with van der Waals surface area (Å²) in [4.78, 5) is 24.4. The smallest absolute Gasteiger partial charge is 0.484 e. The van der Waals surface area contributed by atoms with Gasteiger partial charge < -0.3 is 24.8 Å². The molecule has 0 unspecified atom stereocenters. The van der Waals surface area contributed by atoms with Gasteiger partial charge in [0, 0.05) is 23.2 Å². The number of benzene rings is 2. The summed E-state index contributed by atoms with van der Waals surface area (Å²) >= 11 is 5.60. The highest BCUT2D eigenvalue weighted by Crippen LogP contribution is 2.60. The van der Waals surface area contributed by atoms with E-state index in [1.807, 2.05) is 0 Å². The lowest BCUT2D eigenvalue weighted by Crippen LogP contribution is -2.84. The number of amides is 2. The molecule has 0 saturated heterocycles. The van der Waals surface area contributed by atoms with Crippen LogP contribution in [0.5, 0.6) is 17.2 Å². The molecule has 3 fully saturated rings. The molecule has 0 spiro atoms. The highest BCUT2D eigenvalue weighted by atomic mass is 35.5. The summed E-state index contributed by atoms with van der Waals surface area (Å²) in [6.45, 7) is -0.685. The zero-order chi connectivity index (χ0) is 24.6. The zero-order valence-corrected chi connectivity index (χ0v) is 18.3. The summed E-state index contributed by atoms with van der Waals surface area (Å²) in [5.74, 6) is -1.68. The molecular formula is C22H19ClF4N2O5. The number of carbonyl (C=O) groups excluding carboxylic acids is 2. The minimum atomic E-state index is -4.83. The van der Waals surface area contributed by atoms with Crippen molar-refractivity contribution >= 4 is 23.4 Å². The first-order chi connectivity index (χ1) is 15.9. The first-order valence-electron chi connectivity index (χ1n) is 10.1. The molecule has 5 rings (SSSR count). The highest BCUT2D eigenvalue weighted by Gasteiger charge is 2.69. The minimum absolute atomic E-state index is 0.0487. The fraction of sp³-hybridized carbons (Fsp3) is 0.364. The molecule has 2 aromatic rings. The second-order valence-electron chi connectivity index (χ2n) is 8.36. The molecule has 2 aromatic carbocycles. The second-order valence-corrected chi connectivity index (χ2v) is 8.77. The van der Waals surface area contributed by atoms with Crippen LogP contribution in [-0.2, 0) is 9.59 Å². The molecule has 0 heterocycles. The van der Waals surface area contributed by atoms with E-state index in [9.17, 15) is 27.2 Å². The van der Waals surface area contributed by atoms with Gasteiger partial charge in [0.2, 0.25) is 0 Å². The Kier molecular flexibility index (Phi) is 6.24. The molecule has 34 heavy (non-hydrogen) atoms. The third-order valence-electron chi connectivity index (χ3n) is 5.51. The maximum Gasteiger partial charge on any atom is 0.573 e. The largest absolute Gasteiger partial charge is 0.573 e. The Balaban J connectivity index is 1.17. The minimum Gasteiger partial charge on any atom is -0.484 e. The summed E-state index contributed by atoms with van der Waals surface area (Å²) in [6.07, 6.45) is -3.24. The average molecular weight is 503 g/mol. The predicted molar refractivity (Wildman–Crippen MR) is 111 cm³/mol. The molecule has 0 aromatic heterocycles. The summed E-state index contributed by atoms with van der Waals surface area (Å²) in [5, 5.41) is 5.65. The van der Waals surface area contributed by atoms with Crippen molar-refractivity contribution in [2.75, 3.05) is 13.2 Å². The van der Waals surface area contributed by atoms with Crippen molar-refractivity contribution in [2.45, 2.75) is 36.7 Å². The van der Waals surface area contributed by atoms with Gasteiger partial charge in [-0.3, -0.25) is 9.59 Å². The van der Waals surface area contributed by atoms with Gasteiger partial charge in [0.15, 0.2) is 13.2 Å². The van der Waals surface area contributed by atoms with Crippen molar-refractivity contribution in [3.63, 3.8) is 0 Å². The topological polar surface area (TPSA) is 85.9 Å². The van der Waals surface area contributed by atoms with Crippen molar-refractivity contribution in [3.05, 3.63) is 53.3 Å². The lowest BCUT2D eigenvalue weighted by Gasteiger charge is -2.70. The average Bonchev–Trinajstić information content (AvgIpc) is 2.69. The number of rotatable bonds is 9. The SMILES string of the molecule is O=C(COc1cccc(OC(F)(F)F)c1)NC12CC(NC(=O)COc3ccc(Cl)c(F)c3)(C1)C2.